The van der Waals surface area contributed by atoms with E-state index < -0.39 is 0 Å². The molecule has 0 aliphatic heterocycles. The molecule has 0 amide bonds. The lowest BCUT2D eigenvalue weighted by molar-refractivity contribution is -0.137. The summed E-state index contributed by atoms with van der Waals surface area (Å²) in [5, 5.41) is 9.84. The highest BCUT2D eigenvalue weighted by atomic mass is 16.3. The first kappa shape index (κ1) is 26.8. The molecule has 1 aromatic rings. The van der Waals surface area contributed by atoms with Crippen LogP contribution < -0.4 is 0 Å². The molecule has 4 aliphatic carbocycles. The second-order valence-corrected chi connectivity index (χ2v) is 12.7. The summed E-state index contributed by atoms with van der Waals surface area (Å²) in [5.41, 5.74) is 2.47. The predicted octanol–water partition coefficient (Wildman–Crippen LogP) is 6.83. The largest absolute Gasteiger partial charge is 0.508 e. The third-order valence-electron chi connectivity index (χ3n) is 10.0. The van der Waals surface area contributed by atoms with Gasteiger partial charge in [-0.3, -0.25) is 14.4 Å². The van der Waals surface area contributed by atoms with E-state index >= 15 is 0 Å². The number of benzene rings is 1. The Balaban J connectivity index is 1.25. The molecule has 0 saturated heterocycles. The summed E-state index contributed by atoms with van der Waals surface area (Å²) < 4.78 is 0. The van der Waals surface area contributed by atoms with Crippen molar-refractivity contribution in [3.8, 4) is 5.75 Å². The lowest BCUT2D eigenvalue weighted by Gasteiger charge is -2.38. The molecule has 4 aliphatic rings. The molecule has 4 nitrogen and oxygen atoms in total. The molecule has 1 aromatic carbocycles. The fraction of sp³-hybridized carbons (Fsp3) is 0.559. The van der Waals surface area contributed by atoms with Crippen LogP contribution in [0.4, 0.5) is 0 Å². The van der Waals surface area contributed by atoms with Gasteiger partial charge in [-0.15, -0.1) is 0 Å². The summed E-state index contributed by atoms with van der Waals surface area (Å²) in [6, 6.07) is 7.50. The average Bonchev–Trinajstić information content (AvgIpc) is 3.33. The van der Waals surface area contributed by atoms with Gasteiger partial charge in [-0.1, -0.05) is 70.0 Å². The lowest BCUT2D eigenvalue weighted by atomic mass is 9.65. The number of aromatic hydroxyl groups is 1. The third kappa shape index (κ3) is 5.51. The normalized spacial score (nSPS) is 34.7. The Labute approximate surface area is 227 Å². The van der Waals surface area contributed by atoms with Crippen LogP contribution in [0.1, 0.15) is 71.3 Å². The summed E-state index contributed by atoms with van der Waals surface area (Å²) >= 11 is 0. The van der Waals surface area contributed by atoms with Crippen molar-refractivity contribution < 1.29 is 19.5 Å². The minimum atomic E-state index is -0.315. The summed E-state index contributed by atoms with van der Waals surface area (Å²) in [7, 11) is 0. The highest BCUT2D eigenvalue weighted by molar-refractivity contribution is 6.44. The minimum absolute atomic E-state index is 0.0340. The van der Waals surface area contributed by atoms with Gasteiger partial charge < -0.3 is 5.11 Å². The van der Waals surface area contributed by atoms with E-state index in [9.17, 15) is 19.5 Å². The SMILES string of the molecule is CC1CCC(C(=O)C(=O)C2=CCC3C=CC(C(=O)C4CC(C)C(Cc5cccc(O)c5)CC4C)=CC23)CC1. The van der Waals surface area contributed by atoms with Gasteiger partial charge in [-0.05, 0) is 85.8 Å². The van der Waals surface area contributed by atoms with Gasteiger partial charge >= 0.3 is 0 Å². The van der Waals surface area contributed by atoms with Gasteiger partial charge in [0, 0.05) is 28.9 Å². The number of fused-ring (bicyclic) bond motifs is 1. The molecule has 6 unspecified atom stereocenters. The van der Waals surface area contributed by atoms with E-state index in [2.05, 4.69) is 32.9 Å². The Morgan fingerprint density at radius 3 is 2.47 bits per heavy atom. The summed E-state index contributed by atoms with van der Waals surface area (Å²) in [6.07, 6.45) is 15.2. The topological polar surface area (TPSA) is 71.4 Å². The van der Waals surface area contributed by atoms with Crippen molar-refractivity contribution in [3.05, 3.63) is 65.3 Å². The molecule has 2 saturated carbocycles. The van der Waals surface area contributed by atoms with Crippen LogP contribution in [0, 0.1) is 47.3 Å². The number of Topliss-reactive ketones (excluding diaryl/α,β-unsaturated/α-hetero) is 3. The second-order valence-electron chi connectivity index (χ2n) is 12.7. The number of hydrogen-bond donors (Lipinski definition) is 1. The van der Waals surface area contributed by atoms with Crippen LogP contribution in [0.25, 0.3) is 0 Å². The molecule has 6 atom stereocenters. The fourth-order valence-electron chi connectivity index (χ4n) is 7.47. The molecular weight excluding hydrogens is 472 g/mol. The standard InChI is InChI=1S/C34H42O4/c1-20-7-9-25(10-8-20)33(37)34(38)29-14-13-24-11-12-26(19-31(24)29)32(36)30-16-21(2)27(15-22(30)3)17-23-5-4-6-28(35)18-23/h4-6,11-12,14,18-22,24-25,27,30-31,35H,7-10,13,15-17H2,1-3H3. The van der Waals surface area contributed by atoms with Crippen molar-refractivity contribution in [3.63, 3.8) is 0 Å². The van der Waals surface area contributed by atoms with Crippen LogP contribution in [-0.2, 0) is 20.8 Å². The number of hydrogen-bond acceptors (Lipinski definition) is 4. The molecule has 202 valence electrons. The summed E-state index contributed by atoms with van der Waals surface area (Å²) in [6.45, 7) is 6.65. The zero-order valence-corrected chi connectivity index (χ0v) is 23.1. The lowest BCUT2D eigenvalue weighted by Crippen LogP contribution is -2.36. The van der Waals surface area contributed by atoms with Gasteiger partial charge in [-0.2, -0.15) is 0 Å². The maximum absolute atomic E-state index is 13.8. The van der Waals surface area contributed by atoms with E-state index in [4.69, 9.17) is 0 Å². The Morgan fingerprint density at radius 1 is 0.974 bits per heavy atom. The van der Waals surface area contributed by atoms with E-state index in [0.29, 0.717) is 34.6 Å². The molecule has 5 rings (SSSR count). The van der Waals surface area contributed by atoms with Crippen LogP contribution in [0.15, 0.2) is 59.7 Å². The number of carbonyl (C=O) groups excluding carboxylic acids is 3. The molecule has 0 spiro atoms. The number of allylic oxidation sites excluding steroid dienone is 6. The number of rotatable bonds is 7. The van der Waals surface area contributed by atoms with Crippen molar-refractivity contribution in [2.45, 2.75) is 72.1 Å². The van der Waals surface area contributed by atoms with Crippen molar-refractivity contribution in [1.82, 2.24) is 0 Å². The summed E-state index contributed by atoms with van der Waals surface area (Å²) in [4.78, 5) is 40.1. The molecular formula is C34H42O4. The van der Waals surface area contributed by atoms with E-state index in [-0.39, 0.29) is 46.9 Å². The molecule has 0 radical (unpaired) electrons. The monoisotopic (exact) mass is 514 g/mol. The molecule has 4 heteroatoms. The zero-order chi connectivity index (χ0) is 27.0. The fourth-order valence-corrected chi connectivity index (χ4v) is 7.47. The quantitative estimate of drug-likeness (QED) is 0.405. The van der Waals surface area contributed by atoms with E-state index in [1.165, 1.54) is 0 Å². The molecule has 1 N–H and O–H groups in total. The Kier molecular flexibility index (Phi) is 7.88. The van der Waals surface area contributed by atoms with Crippen molar-refractivity contribution in [2.75, 3.05) is 0 Å². The van der Waals surface area contributed by atoms with E-state index in [1.807, 2.05) is 30.4 Å². The molecule has 38 heavy (non-hydrogen) atoms. The predicted molar refractivity (Wildman–Crippen MR) is 149 cm³/mol. The van der Waals surface area contributed by atoms with Crippen molar-refractivity contribution in [1.29, 1.82) is 0 Å². The van der Waals surface area contributed by atoms with Gasteiger partial charge in [0.1, 0.15) is 5.75 Å². The first-order valence-electron chi connectivity index (χ1n) is 14.7. The number of phenols is 1. The Hall–Kier alpha value is -2.75. The van der Waals surface area contributed by atoms with Gasteiger partial charge in [0.2, 0.25) is 11.6 Å². The smallest absolute Gasteiger partial charge is 0.225 e. The molecule has 0 bridgehead atoms. The average molecular weight is 515 g/mol. The maximum Gasteiger partial charge on any atom is 0.225 e. The van der Waals surface area contributed by atoms with Crippen LogP contribution in [0.2, 0.25) is 0 Å². The Bertz CT molecular complexity index is 1180. The van der Waals surface area contributed by atoms with Crippen LogP contribution in [0.5, 0.6) is 5.75 Å². The maximum atomic E-state index is 13.8. The molecule has 0 aromatic heterocycles. The first-order chi connectivity index (χ1) is 18.2. The van der Waals surface area contributed by atoms with Crippen LogP contribution in [-0.4, -0.2) is 22.5 Å². The van der Waals surface area contributed by atoms with Gasteiger partial charge in [0.05, 0.1) is 0 Å². The highest BCUT2D eigenvalue weighted by Gasteiger charge is 2.41. The van der Waals surface area contributed by atoms with E-state index in [0.717, 1.165) is 56.9 Å². The molecule has 2 fully saturated rings. The van der Waals surface area contributed by atoms with Crippen molar-refractivity contribution >= 4 is 17.3 Å². The zero-order valence-electron chi connectivity index (χ0n) is 23.1. The van der Waals surface area contributed by atoms with Gasteiger partial charge in [0.15, 0.2) is 5.78 Å². The van der Waals surface area contributed by atoms with Crippen molar-refractivity contribution in [2.24, 2.45) is 47.3 Å². The first-order valence-corrected chi connectivity index (χ1v) is 14.7. The van der Waals surface area contributed by atoms with Crippen LogP contribution >= 0.6 is 0 Å². The van der Waals surface area contributed by atoms with Gasteiger partial charge in [0.25, 0.3) is 0 Å². The van der Waals surface area contributed by atoms with Gasteiger partial charge in [-0.25, -0.2) is 0 Å². The number of phenolic OH excluding ortho intramolecular Hbond substituents is 1. The Morgan fingerprint density at radius 2 is 1.74 bits per heavy atom. The minimum Gasteiger partial charge on any atom is -0.508 e. The van der Waals surface area contributed by atoms with Crippen LogP contribution in [0.3, 0.4) is 0 Å². The number of carbonyl (C=O) groups is 3. The second kappa shape index (κ2) is 11.2. The summed E-state index contributed by atoms with van der Waals surface area (Å²) in [5.74, 6) is 1.57. The molecule has 0 heterocycles. The highest BCUT2D eigenvalue weighted by Crippen LogP contribution is 2.44. The number of ketones is 3. The third-order valence-corrected chi connectivity index (χ3v) is 10.0. The van der Waals surface area contributed by atoms with E-state index in [1.54, 1.807) is 6.07 Å².